The van der Waals surface area contributed by atoms with Gasteiger partial charge in [-0.2, -0.15) is 8.42 Å². The number of benzene rings is 3. The molecule has 1 aliphatic heterocycles. The Balaban J connectivity index is 1.64. The van der Waals surface area contributed by atoms with Crippen LogP contribution < -0.4 is 18.4 Å². The van der Waals surface area contributed by atoms with Gasteiger partial charge in [0.1, 0.15) is 31.7 Å². The SMILES string of the molecule is CP(C)(=O)c1ccc(-c2ccc3cc(OCc4ccccc4)c(N4CC(=O)NS4(=O)=O)c(F)c3c2)s1. The lowest BCUT2D eigenvalue weighted by atomic mass is 10.0. The topological polar surface area (TPSA) is 92.8 Å². The van der Waals surface area contributed by atoms with Crippen molar-refractivity contribution in [2.45, 2.75) is 6.61 Å². The van der Waals surface area contributed by atoms with Crippen LogP contribution in [0.2, 0.25) is 0 Å². The molecule has 1 fully saturated rings. The van der Waals surface area contributed by atoms with Crippen molar-refractivity contribution in [3.05, 3.63) is 78.1 Å². The average Bonchev–Trinajstić information content (AvgIpc) is 3.42. The molecule has 1 aliphatic rings. The smallest absolute Gasteiger partial charge is 0.326 e. The third kappa shape index (κ3) is 4.64. The van der Waals surface area contributed by atoms with E-state index in [9.17, 15) is 17.8 Å². The fraction of sp³-hybridized carbons (Fsp3) is 0.160. The summed E-state index contributed by atoms with van der Waals surface area (Å²) in [6.07, 6.45) is 0. The van der Waals surface area contributed by atoms with Crippen LogP contribution in [0.4, 0.5) is 10.1 Å². The number of carbonyl (C=O) groups is 1. The number of ether oxygens (including phenoxy) is 1. The molecular formula is C25H22FN2O5PS2. The second-order valence-corrected chi connectivity index (χ2v) is 14.9. The highest BCUT2D eigenvalue weighted by atomic mass is 32.2. The van der Waals surface area contributed by atoms with Crippen LogP contribution in [0.5, 0.6) is 5.75 Å². The van der Waals surface area contributed by atoms with E-state index < -0.39 is 35.6 Å². The summed E-state index contributed by atoms with van der Waals surface area (Å²) >= 11 is 1.37. The quantitative estimate of drug-likeness (QED) is 0.355. The van der Waals surface area contributed by atoms with Gasteiger partial charge in [-0.1, -0.05) is 42.5 Å². The number of anilines is 1. The number of hydrogen-bond donors (Lipinski definition) is 1. The van der Waals surface area contributed by atoms with Gasteiger partial charge in [0.15, 0.2) is 5.82 Å². The molecule has 0 saturated carbocycles. The minimum atomic E-state index is -4.28. The first-order valence-corrected chi connectivity index (χ1v) is 15.8. The Hall–Kier alpha value is -3.20. The third-order valence-corrected chi connectivity index (χ3v) is 10.8. The van der Waals surface area contributed by atoms with E-state index in [1.807, 2.05) is 47.2 Å². The number of hydrogen-bond acceptors (Lipinski definition) is 6. The van der Waals surface area contributed by atoms with E-state index >= 15 is 4.39 Å². The molecular weight excluding hydrogens is 522 g/mol. The average molecular weight is 545 g/mol. The van der Waals surface area contributed by atoms with Gasteiger partial charge in [-0.05, 0) is 54.1 Å². The van der Waals surface area contributed by atoms with Gasteiger partial charge in [0.25, 0.3) is 5.91 Å². The largest absolute Gasteiger partial charge is 0.487 e. The van der Waals surface area contributed by atoms with Crippen molar-refractivity contribution in [2.24, 2.45) is 0 Å². The number of amides is 1. The summed E-state index contributed by atoms with van der Waals surface area (Å²) < 4.78 is 63.0. The summed E-state index contributed by atoms with van der Waals surface area (Å²) in [5, 5.41) is 0.683. The fourth-order valence-corrected chi connectivity index (χ4v) is 7.48. The number of rotatable bonds is 6. The molecule has 0 spiro atoms. The number of thiophene rings is 1. The highest BCUT2D eigenvalue weighted by Gasteiger charge is 2.38. The highest BCUT2D eigenvalue weighted by molar-refractivity contribution is 7.92. The van der Waals surface area contributed by atoms with Crippen LogP contribution in [0.1, 0.15) is 5.56 Å². The molecule has 0 radical (unpaired) electrons. The summed E-state index contributed by atoms with van der Waals surface area (Å²) in [6.45, 7) is 2.91. The molecule has 0 bridgehead atoms. The van der Waals surface area contributed by atoms with Crippen LogP contribution in [0.3, 0.4) is 0 Å². The molecule has 11 heteroatoms. The minimum absolute atomic E-state index is 0.00740. The van der Waals surface area contributed by atoms with Crippen molar-refractivity contribution in [3.63, 3.8) is 0 Å². The normalized spacial score (nSPS) is 15.3. The third-order valence-electron chi connectivity index (χ3n) is 5.73. The van der Waals surface area contributed by atoms with Crippen LogP contribution >= 0.6 is 18.5 Å². The Morgan fingerprint density at radius 3 is 2.47 bits per heavy atom. The van der Waals surface area contributed by atoms with Crippen LogP contribution in [0, 0.1) is 5.82 Å². The molecule has 1 N–H and O–H groups in total. The van der Waals surface area contributed by atoms with Gasteiger partial charge in [0, 0.05) is 10.3 Å². The van der Waals surface area contributed by atoms with Gasteiger partial charge in [0.05, 0.1) is 4.62 Å². The summed E-state index contributed by atoms with van der Waals surface area (Å²) in [7, 11) is -6.72. The lowest BCUT2D eigenvalue weighted by Crippen LogP contribution is -2.30. The van der Waals surface area contributed by atoms with Crippen LogP contribution in [0.15, 0.2) is 66.7 Å². The molecule has 0 atom stereocenters. The maximum absolute atomic E-state index is 16.1. The number of carbonyl (C=O) groups excluding carboxylic acids is 1. The van der Waals surface area contributed by atoms with Gasteiger partial charge >= 0.3 is 10.2 Å². The predicted molar refractivity (Wildman–Crippen MR) is 141 cm³/mol. The highest BCUT2D eigenvalue weighted by Crippen LogP contribution is 2.43. The standard InChI is InChI=1S/C25H22FN2O5PS2/c1-34(2,30)23-11-10-21(35-23)18-9-8-17-13-20(33-15-16-6-4-3-5-7-16)25(24(26)19(17)12-18)28-14-22(29)27-36(28,31)32/h3-13H,14-15H2,1-2H3,(H,27,29). The minimum Gasteiger partial charge on any atom is -0.487 e. The van der Waals surface area contributed by atoms with E-state index in [0.717, 1.165) is 15.1 Å². The molecule has 1 aromatic heterocycles. The zero-order chi connectivity index (χ0) is 25.7. The Morgan fingerprint density at radius 2 is 1.83 bits per heavy atom. The molecule has 1 saturated heterocycles. The molecule has 1 amide bonds. The van der Waals surface area contributed by atoms with E-state index in [2.05, 4.69) is 0 Å². The molecule has 0 unspecified atom stereocenters. The number of nitrogens with zero attached hydrogens (tertiary/aromatic N) is 1. The van der Waals surface area contributed by atoms with E-state index in [1.54, 1.807) is 37.6 Å². The molecule has 5 rings (SSSR count). The lowest BCUT2D eigenvalue weighted by molar-refractivity contribution is -0.117. The lowest BCUT2D eigenvalue weighted by Gasteiger charge is -2.21. The van der Waals surface area contributed by atoms with Crippen LogP contribution in [-0.2, 0) is 26.2 Å². The maximum atomic E-state index is 16.1. The molecule has 3 aromatic carbocycles. The van der Waals surface area contributed by atoms with Crippen molar-refractivity contribution in [1.29, 1.82) is 0 Å². The Kier molecular flexibility index (Phi) is 6.14. The molecule has 36 heavy (non-hydrogen) atoms. The molecule has 186 valence electrons. The van der Waals surface area contributed by atoms with E-state index in [-0.39, 0.29) is 23.4 Å². The Bertz CT molecular complexity index is 1650. The van der Waals surface area contributed by atoms with Gasteiger partial charge < -0.3 is 9.30 Å². The predicted octanol–water partition coefficient (Wildman–Crippen LogP) is 4.72. The van der Waals surface area contributed by atoms with Crippen molar-refractivity contribution in [3.8, 4) is 16.2 Å². The van der Waals surface area contributed by atoms with Crippen molar-refractivity contribution in [2.75, 3.05) is 24.2 Å². The van der Waals surface area contributed by atoms with Crippen molar-refractivity contribution < 1.29 is 26.9 Å². The van der Waals surface area contributed by atoms with E-state index in [0.29, 0.717) is 15.3 Å². The first-order chi connectivity index (χ1) is 17.0. The van der Waals surface area contributed by atoms with Crippen LogP contribution in [0.25, 0.3) is 21.2 Å². The number of halogens is 1. The van der Waals surface area contributed by atoms with Gasteiger partial charge in [-0.3, -0.25) is 4.79 Å². The van der Waals surface area contributed by atoms with E-state index in [1.165, 1.54) is 11.3 Å². The fourth-order valence-electron chi connectivity index (χ4n) is 3.97. The summed E-state index contributed by atoms with van der Waals surface area (Å²) in [5.41, 5.74) is 1.19. The van der Waals surface area contributed by atoms with Crippen molar-refractivity contribution >= 4 is 55.7 Å². The Labute approximate surface area is 212 Å². The summed E-state index contributed by atoms with van der Waals surface area (Å²) in [6, 6.07) is 19.6. The first-order valence-electron chi connectivity index (χ1n) is 10.9. The Morgan fingerprint density at radius 1 is 1.08 bits per heavy atom. The van der Waals surface area contributed by atoms with Crippen LogP contribution in [-0.4, -0.2) is 34.2 Å². The molecule has 7 nitrogen and oxygen atoms in total. The molecule has 2 heterocycles. The van der Waals surface area contributed by atoms with E-state index in [4.69, 9.17) is 4.74 Å². The zero-order valence-electron chi connectivity index (χ0n) is 19.4. The summed E-state index contributed by atoms with van der Waals surface area (Å²) in [5.74, 6) is -1.56. The molecule has 0 aliphatic carbocycles. The second kappa shape index (κ2) is 9.03. The second-order valence-electron chi connectivity index (χ2n) is 8.77. The maximum Gasteiger partial charge on any atom is 0.326 e. The monoisotopic (exact) mass is 544 g/mol. The van der Waals surface area contributed by atoms with Gasteiger partial charge in [0.2, 0.25) is 0 Å². The van der Waals surface area contributed by atoms with Gasteiger partial charge in [-0.15, -0.1) is 11.3 Å². The zero-order valence-corrected chi connectivity index (χ0v) is 21.9. The van der Waals surface area contributed by atoms with Crippen molar-refractivity contribution in [1.82, 2.24) is 4.72 Å². The number of fused-ring (bicyclic) bond motifs is 1. The first kappa shape index (κ1) is 24.5. The summed E-state index contributed by atoms with van der Waals surface area (Å²) in [4.78, 5) is 12.7. The molecule has 4 aromatic rings. The number of nitrogens with one attached hydrogen (secondary N) is 1. The van der Waals surface area contributed by atoms with Gasteiger partial charge in [-0.25, -0.2) is 13.4 Å².